The highest BCUT2D eigenvalue weighted by molar-refractivity contribution is 7.94. The fourth-order valence-corrected chi connectivity index (χ4v) is 5.03. The quantitative estimate of drug-likeness (QED) is 0.482. The number of rotatable bonds is 5. The number of aromatic nitrogens is 2. The highest BCUT2D eigenvalue weighted by Gasteiger charge is 2.22. The molecule has 0 saturated heterocycles. The number of ether oxygens (including phenoxy) is 1. The van der Waals surface area contributed by atoms with E-state index in [-0.39, 0.29) is 23.0 Å². The average molecular weight is 463 g/mol. The van der Waals surface area contributed by atoms with Crippen molar-refractivity contribution in [3.8, 4) is 17.0 Å². The van der Waals surface area contributed by atoms with Crippen LogP contribution in [0.2, 0.25) is 0 Å². The van der Waals surface area contributed by atoms with Crippen LogP contribution in [0.4, 0.5) is 10.1 Å². The monoisotopic (exact) mass is 463 g/mol. The zero-order valence-electron chi connectivity index (χ0n) is 17.4. The maximum absolute atomic E-state index is 13.5. The van der Waals surface area contributed by atoms with Crippen LogP contribution in [0, 0.1) is 5.82 Å². The smallest absolute Gasteiger partial charge is 0.230 e. The summed E-state index contributed by atoms with van der Waals surface area (Å²) in [6.07, 6.45) is 3.24. The van der Waals surface area contributed by atoms with Gasteiger partial charge in [0.1, 0.15) is 17.2 Å². The summed E-state index contributed by atoms with van der Waals surface area (Å²) in [4.78, 5) is 17.7. The molecule has 0 saturated carbocycles. The standard InChI is InChI=1S/C24H18FN3O4S/c1-32-19-8-10-28-20(24(27-22(28)13-19)16-2-5-17(25)6-3-16)14-23(29)26-18-7-4-15-9-11-33(30,31)21(15)12-18/h2-13H,14H2,1H3,(H,26,29). The highest BCUT2D eigenvalue weighted by Crippen LogP contribution is 2.30. The van der Waals surface area contributed by atoms with Gasteiger partial charge in [-0.05, 0) is 54.1 Å². The summed E-state index contributed by atoms with van der Waals surface area (Å²) >= 11 is 0. The fourth-order valence-electron chi connectivity index (χ4n) is 3.80. The Morgan fingerprint density at radius 1 is 1.12 bits per heavy atom. The number of hydrogen-bond donors (Lipinski definition) is 1. The maximum atomic E-state index is 13.5. The number of nitrogens with one attached hydrogen (secondary N) is 1. The van der Waals surface area contributed by atoms with Crippen LogP contribution in [0.25, 0.3) is 23.0 Å². The predicted octanol–water partition coefficient (Wildman–Crippen LogP) is 4.09. The molecule has 0 atom stereocenters. The highest BCUT2D eigenvalue weighted by atomic mass is 32.2. The van der Waals surface area contributed by atoms with Gasteiger partial charge >= 0.3 is 0 Å². The van der Waals surface area contributed by atoms with Gasteiger partial charge in [0.15, 0.2) is 0 Å². The molecule has 166 valence electrons. The molecule has 2 aromatic heterocycles. The van der Waals surface area contributed by atoms with Crippen molar-refractivity contribution >= 4 is 33.2 Å². The van der Waals surface area contributed by atoms with Gasteiger partial charge in [0.2, 0.25) is 15.7 Å². The number of fused-ring (bicyclic) bond motifs is 2. The fraction of sp³-hybridized carbons (Fsp3) is 0.0833. The topological polar surface area (TPSA) is 89.8 Å². The summed E-state index contributed by atoms with van der Waals surface area (Å²) in [5.74, 6) is -0.106. The van der Waals surface area contributed by atoms with E-state index in [2.05, 4.69) is 10.3 Å². The number of imidazole rings is 1. The molecule has 0 unspecified atom stereocenters. The van der Waals surface area contributed by atoms with E-state index in [0.717, 1.165) is 5.41 Å². The molecule has 1 aliphatic rings. The van der Waals surface area contributed by atoms with Gasteiger partial charge in [-0.1, -0.05) is 6.07 Å². The molecule has 5 rings (SSSR count). The molecule has 0 radical (unpaired) electrons. The van der Waals surface area contributed by atoms with Gasteiger partial charge in [-0.15, -0.1) is 0 Å². The number of nitrogens with zero attached hydrogens (tertiary/aromatic N) is 2. The molecule has 33 heavy (non-hydrogen) atoms. The zero-order valence-corrected chi connectivity index (χ0v) is 18.3. The van der Waals surface area contributed by atoms with E-state index in [9.17, 15) is 17.6 Å². The van der Waals surface area contributed by atoms with Crippen LogP contribution in [-0.2, 0) is 21.1 Å². The first-order valence-corrected chi connectivity index (χ1v) is 11.6. The minimum absolute atomic E-state index is 0.0394. The third-order valence-electron chi connectivity index (χ3n) is 5.41. The lowest BCUT2D eigenvalue weighted by molar-refractivity contribution is -0.115. The van der Waals surface area contributed by atoms with Crippen LogP contribution in [0.3, 0.4) is 0 Å². The van der Waals surface area contributed by atoms with Crippen molar-refractivity contribution in [2.45, 2.75) is 11.3 Å². The largest absolute Gasteiger partial charge is 0.497 e. The van der Waals surface area contributed by atoms with Gasteiger partial charge in [-0.25, -0.2) is 17.8 Å². The van der Waals surface area contributed by atoms with Gasteiger partial charge in [0.05, 0.1) is 29.8 Å². The number of sulfone groups is 1. The Kier molecular flexibility index (Phi) is 4.98. The summed E-state index contributed by atoms with van der Waals surface area (Å²) in [5, 5.41) is 3.91. The minimum Gasteiger partial charge on any atom is -0.497 e. The molecule has 0 bridgehead atoms. The van der Waals surface area contributed by atoms with Gasteiger partial charge in [-0.3, -0.25) is 4.79 Å². The van der Waals surface area contributed by atoms with Crippen molar-refractivity contribution in [3.05, 3.63) is 83.3 Å². The van der Waals surface area contributed by atoms with Crippen molar-refractivity contribution in [2.24, 2.45) is 0 Å². The van der Waals surface area contributed by atoms with E-state index in [1.54, 1.807) is 54.1 Å². The number of halogens is 1. The van der Waals surface area contributed by atoms with Gasteiger partial charge < -0.3 is 14.5 Å². The molecule has 3 heterocycles. The molecule has 1 aliphatic heterocycles. The lowest BCUT2D eigenvalue weighted by Gasteiger charge is -2.09. The first-order valence-electron chi connectivity index (χ1n) is 10.0. The molecule has 0 spiro atoms. The molecule has 1 N–H and O–H groups in total. The molecule has 2 aromatic carbocycles. The normalized spacial score (nSPS) is 13.8. The van der Waals surface area contributed by atoms with Gasteiger partial charge in [-0.2, -0.15) is 0 Å². The molecule has 9 heteroatoms. The number of benzene rings is 2. The lowest BCUT2D eigenvalue weighted by atomic mass is 10.1. The first-order chi connectivity index (χ1) is 15.8. The predicted molar refractivity (Wildman–Crippen MR) is 122 cm³/mol. The lowest BCUT2D eigenvalue weighted by Crippen LogP contribution is -2.16. The van der Waals surface area contributed by atoms with Crippen LogP contribution in [-0.4, -0.2) is 30.8 Å². The number of hydrogen-bond acceptors (Lipinski definition) is 5. The molecule has 0 fully saturated rings. The Bertz CT molecular complexity index is 1540. The van der Waals surface area contributed by atoms with Crippen LogP contribution >= 0.6 is 0 Å². The number of pyridine rings is 1. The Morgan fingerprint density at radius 3 is 2.67 bits per heavy atom. The van der Waals surface area contributed by atoms with E-state index in [0.29, 0.717) is 39.6 Å². The summed E-state index contributed by atoms with van der Waals surface area (Å²) in [7, 11) is -1.93. The van der Waals surface area contributed by atoms with E-state index in [1.165, 1.54) is 24.3 Å². The maximum Gasteiger partial charge on any atom is 0.230 e. The Hall–Kier alpha value is -3.98. The van der Waals surface area contributed by atoms with Crippen LogP contribution in [0.5, 0.6) is 5.75 Å². The summed E-state index contributed by atoms with van der Waals surface area (Å²) in [6.45, 7) is 0. The third-order valence-corrected chi connectivity index (χ3v) is 6.87. The second-order valence-electron chi connectivity index (χ2n) is 7.53. The third kappa shape index (κ3) is 3.87. The van der Waals surface area contributed by atoms with Crippen molar-refractivity contribution < 1.29 is 22.3 Å². The van der Waals surface area contributed by atoms with E-state index < -0.39 is 9.84 Å². The number of amides is 1. The van der Waals surface area contributed by atoms with Gasteiger partial charge in [0, 0.05) is 28.9 Å². The van der Waals surface area contributed by atoms with Gasteiger partial charge in [0.25, 0.3) is 0 Å². The van der Waals surface area contributed by atoms with Crippen molar-refractivity contribution in [1.29, 1.82) is 0 Å². The van der Waals surface area contributed by atoms with E-state index >= 15 is 0 Å². The molecule has 7 nitrogen and oxygen atoms in total. The van der Waals surface area contributed by atoms with Crippen LogP contribution in [0.1, 0.15) is 11.3 Å². The number of methoxy groups -OCH3 is 1. The van der Waals surface area contributed by atoms with E-state index in [4.69, 9.17) is 4.74 Å². The summed E-state index contributed by atoms with van der Waals surface area (Å²) in [5.41, 5.74) is 3.35. The zero-order chi connectivity index (χ0) is 23.2. The molecule has 0 aliphatic carbocycles. The number of carbonyl (C=O) groups is 1. The van der Waals surface area contributed by atoms with E-state index in [1.807, 2.05) is 0 Å². The number of carbonyl (C=O) groups excluding carboxylic acids is 1. The molecule has 4 aromatic rings. The second-order valence-corrected chi connectivity index (χ2v) is 9.34. The second kappa shape index (κ2) is 7.86. The van der Waals surface area contributed by atoms with Crippen molar-refractivity contribution in [2.75, 3.05) is 12.4 Å². The summed E-state index contributed by atoms with van der Waals surface area (Å²) < 4.78 is 44.7. The number of anilines is 1. The van der Waals surface area contributed by atoms with Crippen molar-refractivity contribution in [3.63, 3.8) is 0 Å². The molecular weight excluding hydrogens is 445 g/mol. The Morgan fingerprint density at radius 2 is 1.91 bits per heavy atom. The van der Waals surface area contributed by atoms with Crippen molar-refractivity contribution in [1.82, 2.24) is 9.38 Å². The SMILES string of the molecule is COc1ccn2c(CC(=O)Nc3ccc4c(c3)S(=O)(=O)C=C4)c(-c3ccc(F)cc3)nc2c1. The Balaban J connectivity index is 1.50. The van der Waals surface area contributed by atoms with Crippen LogP contribution in [0.15, 0.2) is 71.1 Å². The molecule has 1 amide bonds. The Labute approximate surface area is 189 Å². The molecular formula is C24H18FN3O4S. The average Bonchev–Trinajstić information content (AvgIpc) is 3.30. The summed E-state index contributed by atoms with van der Waals surface area (Å²) in [6, 6.07) is 14.1. The minimum atomic E-state index is -3.48. The van der Waals surface area contributed by atoms with Crippen LogP contribution < -0.4 is 10.1 Å². The first kappa shape index (κ1) is 20.9.